The van der Waals surface area contributed by atoms with Crippen molar-refractivity contribution in [1.82, 2.24) is 20.2 Å². The molecule has 2 rings (SSSR count). The fourth-order valence-corrected chi connectivity index (χ4v) is 2.42. The lowest BCUT2D eigenvalue weighted by molar-refractivity contribution is 0.682. The van der Waals surface area contributed by atoms with Crippen LogP contribution in [0.2, 0.25) is 0 Å². The number of nitrogens with one attached hydrogen (secondary N) is 2. The first-order chi connectivity index (χ1) is 11.3. The van der Waals surface area contributed by atoms with Gasteiger partial charge in [0.05, 0.1) is 6.33 Å². The maximum absolute atomic E-state index is 4.27. The Morgan fingerprint density at radius 1 is 1.21 bits per heavy atom. The molecule has 0 saturated carbocycles. The monoisotopic (exact) mass is 441 g/mol. The van der Waals surface area contributed by atoms with Crippen molar-refractivity contribution in [1.29, 1.82) is 0 Å². The van der Waals surface area contributed by atoms with Gasteiger partial charge in [-0.2, -0.15) is 0 Å². The van der Waals surface area contributed by atoms with E-state index in [1.807, 2.05) is 19.6 Å². The quantitative estimate of drug-likeness (QED) is 0.286. The summed E-state index contributed by atoms with van der Waals surface area (Å²) in [7, 11) is 1.81. The molecule has 132 valence electrons. The second-order valence-corrected chi connectivity index (χ2v) is 5.61. The van der Waals surface area contributed by atoms with Crippen LogP contribution in [0.25, 0.3) is 0 Å². The average molecular weight is 441 g/mol. The molecule has 0 aliphatic rings. The van der Waals surface area contributed by atoms with E-state index >= 15 is 0 Å². The molecule has 0 bridgehead atoms. The summed E-state index contributed by atoms with van der Waals surface area (Å²) < 4.78 is 2.07. The van der Waals surface area contributed by atoms with Crippen LogP contribution >= 0.6 is 24.0 Å². The van der Waals surface area contributed by atoms with Gasteiger partial charge < -0.3 is 15.2 Å². The fraction of sp³-hybridized carbons (Fsp3) is 0.444. The fourth-order valence-electron chi connectivity index (χ4n) is 2.42. The SMILES string of the molecule is CCCCCNC(=NC)NCc1cccc(Cn2ccnc2)c1.I. The number of imidazole rings is 1. The first kappa shape index (κ1) is 20.5. The first-order valence-electron chi connectivity index (χ1n) is 8.30. The van der Waals surface area contributed by atoms with Gasteiger partial charge in [0.25, 0.3) is 0 Å². The Hall–Kier alpha value is -1.57. The maximum Gasteiger partial charge on any atom is 0.191 e. The summed E-state index contributed by atoms with van der Waals surface area (Å²) in [5, 5.41) is 6.72. The van der Waals surface area contributed by atoms with E-state index < -0.39 is 0 Å². The number of benzene rings is 1. The van der Waals surface area contributed by atoms with Crippen LogP contribution < -0.4 is 10.6 Å². The predicted molar refractivity (Wildman–Crippen MR) is 111 cm³/mol. The van der Waals surface area contributed by atoms with Gasteiger partial charge in [0.1, 0.15) is 0 Å². The predicted octanol–water partition coefficient (Wildman–Crippen LogP) is 3.40. The van der Waals surface area contributed by atoms with E-state index in [4.69, 9.17) is 0 Å². The Morgan fingerprint density at radius 3 is 2.75 bits per heavy atom. The second-order valence-electron chi connectivity index (χ2n) is 5.61. The number of aromatic nitrogens is 2. The lowest BCUT2D eigenvalue weighted by Gasteiger charge is -2.12. The smallest absolute Gasteiger partial charge is 0.191 e. The number of hydrogen-bond donors (Lipinski definition) is 2. The number of aliphatic imine (C=N–C) groups is 1. The van der Waals surface area contributed by atoms with E-state index in [1.54, 1.807) is 6.20 Å². The molecule has 0 aliphatic heterocycles. The molecule has 2 N–H and O–H groups in total. The van der Waals surface area contributed by atoms with Crippen LogP contribution in [-0.4, -0.2) is 29.1 Å². The molecular formula is C18H28IN5. The van der Waals surface area contributed by atoms with Crippen LogP contribution in [0.3, 0.4) is 0 Å². The molecule has 0 radical (unpaired) electrons. The van der Waals surface area contributed by atoms with E-state index in [2.05, 4.69) is 56.4 Å². The number of nitrogens with zero attached hydrogens (tertiary/aromatic N) is 3. The van der Waals surface area contributed by atoms with Crippen LogP contribution in [-0.2, 0) is 13.1 Å². The summed E-state index contributed by atoms with van der Waals surface area (Å²) in [4.78, 5) is 8.35. The van der Waals surface area contributed by atoms with Crippen molar-refractivity contribution >= 4 is 29.9 Å². The summed E-state index contributed by atoms with van der Waals surface area (Å²) in [6.07, 6.45) is 9.29. The lowest BCUT2D eigenvalue weighted by Crippen LogP contribution is -2.37. The molecule has 1 aromatic carbocycles. The normalized spacial score (nSPS) is 11.0. The van der Waals surface area contributed by atoms with E-state index in [1.165, 1.54) is 30.4 Å². The van der Waals surface area contributed by atoms with Gasteiger partial charge in [0.2, 0.25) is 0 Å². The zero-order valence-corrected chi connectivity index (χ0v) is 16.9. The maximum atomic E-state index is 4.27. The molecule has 1 heterocycles. The largest absolute Gasteiger partial charge is 0.356 e. The highest BCUT2D eigenvalue weighted by Crippen LogP contribution is 2.07. The molecule has 6 heteroatoms. The van der Waals surface area contributed by atoms with Crippen molar-refractivity contribution < 1.29 is 0 Å². The van der Waals surface area contributed by atoms with Crippen molar-refractivity contribution in [3.8, 4) is 0 Å². The molecule has 0 aliphatic carbocycles. The van der Waals surface area contributed by atoms with Crippen molar-refractivity contribution in [2.75, 3.05) is 13.6 Å². The van der Waals surface area contributed by atoms with Crippen molar-refractivity contribution in [2.45, 2.75) is 39.3 Å². The van der Waals surface area contributed by atoms with Crippen molar-refractivity contribution in [3.63, 3.8) is 0 Å². The molecule has 5 nitrogen and oxygen atoms in total. The lowest BCUT2D eigenvalue weighted by atomic mass is 10.1. The van der Waals surface area contributed by atoms with E-state index in [-0.39, 0.29) is 24.0 Å². The molecule has 24 heavy (non-hydrogen) atoms. The van der Waals surface area contributed by atoms with Crippen LogP contribution in [0.4, 0.5) is 0 Å². The molecule has 1 aromatic heterocycles. The number of hydrogen-bond acceptors (Lipinski definition) is 2. The van der Waals surface area contributed by atoms with E-state index in [0.717, 1.165) is 25.6 Å². The van der Waals surface area contributed by atoms with Gasteiger partial charge in [-0.25, -0.2) is 4.98 Å². The van der Waals surface area contributed by atoms with Crippen LogP contribution in [0.15, 0.2) is 48.0 Å². The van der Waals surface area contributed by atoms with E-state index in [9.17, 15) is 0 Å². The minimum atomic E-state index is 0. The van der Waals surface area contributed by atoms with Gasteiger partial charge >= 0.3 is 0 Å². The number of guanidine groups is 1. The number of halogens is 1. The summed E-state index contributed by atoms with van der Waals surface area (Å²) >= 11 is 0. The highest BCUT2D eigenvalue weighted by molar-refractivity contribution is 14.0. The van der Waals surface area contributed by atoms with Crippen molar-refractivity contribution in [2.24, 2.45) is 4.99 Å². The van der Waals surface area contributed by atoms with Gasteiger partial charge in [-0.05, 0) is 17.5 Å². The van der Waals surface area contributed by atoms with Crippen LogP contribution in [0, 0.1) is 0 Å². The summed E-state index contributed by atoms with van der Waals surface area (Å²) in [6, 6.07) is 8.59. The third-order valence-corrected chi connectivity index (χ3v) is 3.67. The highest BCUT2D eigenvalue weighted by Gasteiger charge is 2.00. The van der Waals surface area contributed by atoms with Crippen molar-refractivity contribution in [3.05, 3.63) is 54.1 Å². The molecule has 0 unspecified atom stereocenters. The molecule has 0 atom stereocenters. The van der Waals surface area contributed by atoms with Gasteiger partial charge in [0, 0.05) is 39.1 Å². The van der Waals surface area contributed by atoms with Gasteiger partial charge in [-0.1, -0.05) is 44.0 Å². The van der Waals surface area contributed by atoms with Gasteiger partial charge in [-0.3, -0.25) is 4.99 Å². The Kier molecular flexibility index (Phi) is 10.1. The van der Waals surface area contributed by atoms with E-state index in [0.29, 0.717) is 0 Å². The zero-order valence-electron chi connectivity index (χ0n) is 14.5. The molecule has 0 fully saturated rings. The van der Waals surface area contributed by atoms with Gasteiger partial charge in [-0.15, -0.1) is 24.0 Å². The zero-order chi connectivity index (χ0) is 16.3. The summed E-state index contributed by atoms with van der Waals surface area (Å²) in [5.74, 6) is 0.862. The summed E-state index contributed by atoms with van der Waals surface area (Å²) in [6.45, 7) is 4.79. The molecule has 0 amide bonds. The summed E-state index contributed by atoms with van der Waals surface area (Å²) in [5.41, 5.74) is 2.52. The third kappa shape index (κ3) is 7.33. The van der Waals surface area contributed by atoms with Crippen LogP contribution in [0.1, 0.15) is 37.3 Å². The minimum absolute atomic E-state index is 0. The molecule has 0 spiro atoms. The Morgan fingerprint density at radius 2 is 2.04 bits per heavy atom. The number of rotatable bonds is 8. The topological polar surface area (TPSA) is 54.2 Å². The highest BCUT2D eigenvalue weighted by atomic mass is 127. The Balaban J connectivity index is 0.00000288. The third-order valence-electron chi connectivity index (χ3n) is 3.67. The van der Waals surface area contributed by atoms with Gasteiger partial charge in [0.15, 0.2) is 5.96 Å². The minimum Gasteiger partial charge on any atom is -0.356 e. The average Bonchev–Trinajstić information content (AvgIpc) is 3.07. The molecule has 0 saturated heterocycles. The number of unbranched alkanes of at least 4 members (excludes halogenated alkanes) is 2. The first-order valence-corrected chi connectivity index (χ1v) is 8.30. The standard InChI is InChI=1S/C18H27N5.HI/c1-3-4-5-9-21-18(19-2)22-13-16-7-6-8-17(12-16)14-23-11-10-20-15-23;/h6-8,10-12,15H,3-5,9,13-14H2,1-2H3,(H2,19,21,22);1H. The second kappa shape index (κ2) is 11.9. The Labute approximate surface area is 162 Å². The molecule has 2 aromatic rings. The Bertz CT molecular complexity index is 595. The van der Waals surface area contributed by atoms with Crippen LogP contribution in [0.5, 0.6) is 0 Å². The molecular weight excluding hydrogens is 413 g/mol.